The molecule has 0 fully saturated rings. The highest BCUT2D eigenvalue weighted by Crippen LogP contribution is 2.45. The summed E-state index contributed by atoms with van der Waals surface area (Å²) in [5.41, 5.74) is 4.66. The average molecular weight is 559 g/mol. The molecule has 30 heavy (non-hydrogen) atoms. The fourth-order valence-corrected chi connectivity index (χ4v) is 5.82. The van der Waals surface area contributed by atoms with Crippen LogP contribution in [0.2, 0.25) is 5.02 Å². The van der Waals surface area contributed by atoms with Crippen LogP contribution in [0.5, 0.6) is 0 Å². The number of hydrogen-bond acceptors (Lipinski definition) is 4. The quantitative estimate of drug-likeness (QED) is 0.182. The Bertz CT molecular complexity index is 1150. The highest BCUT2D eigenvalue weighted by Gasteiger charge is 2.15. The van der Waals surface area contributed by atoms with Crippen LogP contribution in [0.15, 0.2) is 105 Å². The van der Waals surface area contributed by atoms with E-state index in [-0.39, 0.29) is 0 Å². The summed E-state index contributed by atoms with van der Waals surface area (Å²) in [5, 5.41) is 7.60. The zero-order chi connectivity index (χ0) is 20.5. The van der Waals surface area contributed by atoms with Crippen molar-refractivity contribution in [3.63, 3.8) is 0 Å². The molecule has 6 rings (SSSR count). The largest absolute Gasteiger partial charge is 0.354 e. The van der Waals surface area contributed by atoms with Crippen molar-refractivity contribution in [2.75, 3.05) is 10.6 Å². The average Bonchev–Trinajstić information content (AvgIpc) is 2.76. The monoisotopic (exact) mass is 558 g/mol. The third-order valence-electron chi connectivity index (χ3n) is 4.64. The van der Waals surface area contributed by atoms with E-state index < -0.39 is 0 Å². The molecule has 148 valence electrons. The first kappa shape index (κ1) is 20.1. The lowest BCUT2D eigenvalue weighted by atomic mass is 10.2. The van der Waals surface area contributed by atoms with Crippen LogP contribution in [0.1, 0.15) is 0 Å². The lowest BCUT2D eigenvalue weighted by Crippen LogP contribution is -1.99. The maximum Gasteiger partial charge on any atom is 0.0541 e. The van der Waals surface area contributed by atoms with Crippen LogP contribution < -0.4 is 10.6 Å². The Morgan fingerprint density at radius 3 is 1.70 bits per heavy atom. The summed E-state index contributed by atoms with van der Waals surface area (Å²) >= 11 is 11.9. The highest BCUT2D eigenvalue weighted by molar-refractivity contribution is 14.1. The summed E-state index contributed by atoms with van der Waals surface area (Å²) in [6.07, 6.45) is 0. The number of halogens is 2. The number of hydrogen-bond donors (Lipinski definition) is 2. The predicted octanol–water partition coefficient (Wildman–Crippen LogP) is 9.05. The first-order chi connectivity index (χ1) is 14.7. The summed E-state index contributed by atoms with van der Waals surface area (Å²) in [4.78, 5) is 5.07. The summed E-state index contributed by atoms with van der Waals surface area (Å²) in [6, 6.07) is 29.1. The van der Waals surface area contributed by atoms with Crippen molar-refractivity contribution in [1.82, 2.24) is 0 Å². The van der Waals surface area contributed by atoms with E-state index >= 15 is 0 Å². The molecular weight excluding hydrogens is 543 g/mol. The molecule has 0 spiro atoms. The Kier molecular flexibility index (Phi) is 5.87. The molecule has 2 aliphatic heterocycles. The van der Waals surface area contributed by atoms with Crippen molar-refractivity contribution in [2.45, 2.75) is 19.6 Å². The van der Waals surface area contributed by atoms with E-state index in [1.54, 1.807) is 11.8 Å². The van der Waals surface area contributed by atoms with Gasteiger partial charge in [-0.3, -0.25) is 0 Å². The first-order valence-electron chi connectivity index (χ1n) is 9.33. The van der Waals surface area contributed by atoms with Crippen LogP contribution in [0, 0.1) is 3.57 Å². The van der Waals surface area contributed by atoms with Crippen LogP contribution in [0.25, 0.3) is 0 Å². The van der Waals surface area contributed by atoms with Gasteiger partial charge in [-0.2, -0.15) is 0 Å². The van der Waals surface area contributed by atoms with Crippen molar-refractivity contribution >= 4 is 80.5 Å². The fourth-order valence-electron chi connectivity index (χ4n) is 3.22. The first-order valence-corrected chi connectivity index (χ1v) is 12.4. The van der Waals surface area contributed by atoms with Crippen LogP contribution in [-0.4, -0.2) is 0 Å². The Morgan fingerprint density at radius 2 is 1.07 bits per heavy atom. The van der Waals surface area contributed by atoms with E-state index in [1.807, 2.05) is 36.0 Å². The standard InChI is InChI=1S/C12H8ClNS.C12H8INS/c2*13-8-5-6-12-10(7-8)14-9-3-1-2-4-11(9)15-12/h2*1-7,14H. The van der Waals surface area contributed by atoms with Crippen molar-refractivity contribution in [1.29, 1.82) is 0 Å². The number of para-hydroxylation sites is 2. The predicted molar refractivity (Wildman–Crippen MR) is 138 cm³/mol. The van der Waals surface area contributed by atoms with E-state index in [4.69, 9.17) is 11.6 Å². The molecule has 0 amide bonds. The number of rotatable bonds is 0. The van der Waals surface area contributed by atoms with Crippen LogP contribution in [0.3, 0.4) is 0 Å². The van der Waals surface area contributed by atoms with Crippen LogP contribution in [0.4, 0.5) is 22.7 Å². The second-order valence-corrected chi connectivity index (χ2v) is 10.6. The zero-order valence-corrected chi connectivity index (χ0v) is 20.2. The van der Waals surface area contributed by atoms with Gasteiger partial charge in [0.1, 0.15) is 0 Å². The molecule has 0 unspecified atom stereocenters. The Balaban J connectivity index is 0.000000128. The summed E-state index contributed by atoms with van der Waals surface area (Å²) in [7, 11) is 0. The molecule has 4 aromatic carbocycles. The van der Waals surface area contributed by atoms with E-state index in [0.717, 1.165) is 16.4 Å². The van der Waals surface area contributed by atoms with Gasteiger partial charge < -0.3 is 10.6 Å². The van der Waals surface area contributed by atoms with Gasteiger partial charge in [-0.15, -0.1) is 0 Å². The lowest BCUT2D eigenvalue weighted by molar-refractivity contribution is 1.31. The molecule has 2 nitrogen and oxygen atoms in total. The number of fused-ring (bicyclic) bond motifs is 4. The maximum atomic E-state index is 5.95. The van der Waals surface area contributed by atoms with Crippen LogP contribution in [-0.2, 0) is 0 Å². The molecule has 2 heterocycles. The summed E-state index contributed by atoms with van der Waals surface area (Å²) < 4.78 is 1.26. The molecule has 0 atom stereocenters. The van der Waals surface area contributed by atoms with E-state index in [9.17, 15) is 0 Å². The van der Waals surface area contributed by atoms with E-state index in [2.05, 4.69) is 93.9 Å². The minimum absolute atomic E-state index is 0.765. The van der Waals surface area contributed by atoms with Crippen molar-refractivity contribution in [2.24, 2.45) is 0 Å². The van der Waals surface area contributed by atoms with Gasteiger partial charge in [-0.1, -0.05) is 59.4 Å². The van der Waals surface area contributed by atoms with E-state index in [1.165, 1.54) is 34.5 Å². The van der Waals surface area contributed by atoms with Gasteiger partial charge in [0.05, 0.1) is 22.7 Å². The van der Waals surface area contributed by atoms with Gasteiger partial charge in [-0.25, -0.2) is 0 Å². The second kappa shape index (κ2) is 8.75. The van der Waals surface area contributed by atoms with Gasteiger partial charge in [0.2, 0.25) is 0 Å². The third kappa shape index (κ3) is 4.30. The van der Waals surface area contributed by atoms with Crippen molar-refractivity contribution in [3.8, 4) is 0 Å². The topological polar surface area (TPSA) is 24.1 Å². The molecule has 0 saturated heterocycles. The highest BCUT2D eigenvalue weighted by atomic mass is 127. The zero-order valence-electron chi connectivity index (χ0n) is 15.7. The van der Waals surface area contributed by atoms with Crippen molar-refractivity contribution < 1.29 is 0 Å². The molecule has 2 N–H and O–H groups in total. The molecule has 0 aromatic heterocycles. The van der Waals surface area contributed by atoms with Gasteiger partial charge in [0, 0.05) is 28.2 Å². The molecular formula is C24H16ClIN2S2. The molecule has 0 aliphatic carbocycles. The maximum absolute atomic E-state index is 5.95. The fraction of sp³-hybridized carbons (Fsp3) is 0. The summed E-state index contributed by atoms with van der Waals surface area (Å²) in [6.45, 7) is 0. The van der Waals surface area contributed by atoms with Gasteiger partial charge >= 0.3 is 0 Å². The smallest absolute Gasteiger partial charge is 0.0541 e. The number of anilines is 4. The summed E-state index contributed by atoms with van der Waals surface area (Å²) in [5.74, 6) is 0. The normalized spacial score (nSPS) is 12.6. The lowest BCUT2D eigenvalue weighted by Gasteiger charge is -2.20. The van der Waals surface area contributed by atoms with Crippen LogP contribution >= 0.6 is 57.7 Å². The minimum Gasteiger partial charge on any atom is -0.354 e. The minimum atomic E-state index is 0.765. The number of nitrogens with one attached hydrogen (secondary N) is 2. The van der Waals surface area contributed by atoms with E-state index in [0.29, 0.717) is 0 Å². The SMILES string of the molecule is Clc1ccc2c(c1)Nc1ccccc1S2.Ic1ccc2c(c1)Nc1ccccc1S2. The van der Waals surface area contributed by atoms with Crippen molar-refractivity contribution in [3.05, 3.63) is 93.5 Å². The molecule has 0 radical (unpaired) electrons. The Hall–Kier alpha value is -1.80. The molecule has 2 aliphatic rings. The molecule has 4 aromatic rings. The molecule has 6 heteroatoms. The van der Waals surface area contributed by atoms with Gasteiger partial charge in [0.25, 0.3) is 0 Å². The molecule has 0 saturated carbocycles. The second-order valence-electron chi connectivity index (χ2n) is 6.73. The van der Waals surface area contributed by atoms with Gasteiger partial charge in [0.15, 0.2) is 0 Å². The Labute approximate surface area is 203 Å². The Morgan fingerprint density at radius 1 is 0.567 bits per heavy atom. The van der Waals surface area contributed by atoms with Gasteiger partial charge in [-0.05, 0) is 83.3 Å². The number of benzene rings is 4. The third-order valence-corrected chi connectivity index (χ3v) is 7.85. The molecule has 0 bridgehead atoms.